The number of anilines is 1. The molecule has 0 radical (unpaired) electrons. The Bertz CT molecular complexity index is 1100. The smallest absolute Gasteiger partial charge is 0.201 e. The molecule has 1 N–H and O–H groups in total. The third-order valence-corrected chi connectivity index (χ3v) is 9.50. The van der Waals surface area contributed by atoms with Gasteiger partial charge in [0.05, 0.1) is 6.20 Å². The minimum Gasteiger partial charge on any atom is -0.358 e. The van der Waals surface area contributed by atoms with Crippen LogP contribution in [0.15, 0.2) is 127 Å². The van der Waals surface area contributed by atoms with Crippen molar-refractivity contribution in [1.29, 1.82) is 5.26 Å². The molecule has 32 heavy (non-hydrogen) atoms. The van der Waals surface area contributed by atoms with Gasteiger partial charge >= 0.3 is 0 Å². The summed E-state index contributed by atoms with van der Waals surface area (Å²) in [7, 11) is -2.37. The Morgan fingerprint density at radius 3 is 1.47 bits per heavy atom. The molecule has 0 atom stereocenters. The summed E-state index contributed by atoms with van der Waals surface area (Å²) in [4.78, 5) is 0. The fourth-order valence-corrected chi connectivity index (χ4v) is 7.82. The summed E-state index contributed by atoms with van der Waals surface area (Å²) in [6, 6.07) is 42.0. The molecule has 4 rings (SSSR count). The minimum absolute atomic E-state index is 0. The van der Waals surface area contributed by atoms with E-state index in [0.29, 0.717) is 0 Å². The quantitative estimate of drug-likeness (QED) is 0.173. The van der Waals surface area contributed by atoms with E-state index in [0.717, 1.165) is 26.9 Å². The second kappa shape index (κ2) is 11.1. The van der Waals surface area contributed by atoms with Crippen molar-refractivity contribution in [2.45, 2.75) is 6.92 Å². The van der Waals surface area contributed by atoms with Gasteiger partial charge in [-0.3, -0.25) is 0 Å². The van der Waals surface area contributed by atoms with E-state index in [2.05, 4.69) is 103 Å². The number of hydrogen-bond donors (Lipinski definition) is 1. The lowest BCUT2D eigenvalue weighted by Gasteiger charge is -2.26. The van der Waals surface area contributed by atoms with Gasteiger partial charge in [-0.1, -0.05) is 72.3 Å². The van der Waals surface area contributed by atoms with E-state index in [1.54, 1.807) is 0 Å². The highest BCUT2D eigenvalue weighted by atomic mass is 127. The molecule has 0 unspecified atom stereocenters. The summed E-state index contributed by atoms with van der Waals surface area (Å²) in [5.41, 5.74) is 2.17. The largest absolute Gasteiger partial charge is 0.358 e. The van der Waals surface area contributed by atoms with Gasteiger partial charge in [0.25, 0.3) is 0 Å². The number of nitrogens with one attached hydrogen (secondary N) is 1. The minimum atomic E-state index is -2.37. The van der Waals surface area contributed by atoms with E-state index in [-0.39, 0.29) is 24.0 Å². The number of halogens is 1. The van der Waals surface area contributed by atoms with Crippen molar-refractivity contribution < 1.29 is 0 Å². The molecule has 0 saturated carbocycles. The zero-order valence-corrected chi connectivity index (χ0v) is 21.1. The van der Waals surface area contributed by atoms with E-state index < -0.39 is 7.26 Å². The predicted molar refractivity (Wildman–Crippen MR) is 149 cm³/mol. The van der Waals surface area contributed by atoms with Crippen LogP contribution in [0.1, 0.15) is 5.56 Å². The Labute approximate surface area is 208 Å². The van der Waals surface area contributed by atoms with Crippen molar-refractivity contribution in [1.82, 2.24) is 0 Å². The Balaban J connectivity index is 0.00000289. The average Bonchev–Trinajstić information content (AvgIpc) is 2.84. The van der Waals surface area contributed by atoms with Crippen LogP contribution in [-0.2, 0) is 0 Å². The van der Waals surface area contributed by atoms with Crippen LogP contribution in [0.25, 0.3) is 0 Å². The standard InChI is InChI=1S/C28H24N2P.HI/c1-23-17-19-24(20-18-23)30-22-28(21-29)31(25-11-5-2-6-12-25,26-13-7-3-8-14-26)27-15-9-4-10-16-27;/h2-20,22,30H,1H3;1H/q+1;/b28-22+;. The maximum Gasteiger partial charge on any atom is 0.201 e. The van der Waals surface area contributed by atoms with Gasteiger partial charge < -0.3 is 5.32 Å². The fraction of sp³-hybridized carbons (Fsp3) is 0.0357. The second-order valence-electron chi connectivity index (χ2n) is 7.33. The summed E-state index contributed by atoms with van der Waals surface area (Å²) >= 11 is 0. The van der Waals surface area contributed by atoms with Crippen molar-refractivity contribution in [2.24, 2.45) is 0 Å². The van der Waals surface area contributed by atoms with Gasteiger partial charge in [-0.15, -0.1) is 24.0 Å². The Hall–Kier alpha value is -2.93. The third-order valence-electron chi connectivity index (χ3n) is 5.33. The van der Waals surface area contributed by atoms with Crippen LogP contribution in [0, 0.1) is 18.3 Å². The van der Waals surface area contributed by atoms with Gasteiger partial charge in [-0.2, -0.15) is 5.26 Å². The van der Waals surface area contributed by atoms with E-state index >= 15 is 0 Å². The van der Waals surface area contributed by atoms with E-state index in [9.17, 15) is 5.26 Å². The molecule has 0 aliphatic heterocycles. The van der Waals surface area contributed by atoms with Gasteiger partial charge in [-0.25, -0.2) is 0 Å². The van der Waals surface area contributed by atoms with Crippen LogP contribution >= 0.6 is 31.2 Å². The molecule has 0 fully saturated rings. The van der Waals surface area contributed by atoms with Gasteiger partial charge in [0.2, 0.25) is 5.31 Å². The van der Waals surface area contributed by atoms with Crippen LogP contribution in [0.5, 0.6) is 0 Å². The zero-order chi connectivity index (χ0) is 21.5. The Morgan fingerprint density at radius 2 is 1.09 bits per heavy atom. The SMILES string of the molecule is Cc1ccc(N/C=C(\C#N)[P+](c2ccccc2)(c2ccccc2)c2ccccc2)cc1.I. The zero-order valence-electron chi connectivity index (χ0n) is 17.8. The molecule has 2 nitrogen and oxygen atoms in total. The van der Waals surface area contributed by atoms with Crippen molar-refractivity contribution in [2.75, 3.05) is 5.32 Å². The molecular formula is C28H25IN2P+. The van der Waals surface area contributed by atoms with Gasteiger partial charge in [0.15, 0.2) is 7.26 Å². The topological polar surface area (TPSA) is 35.8 Å². The molecule has 4 aromatic rings. The number of benzene rings is 4. The number of nitriles is 1. The molecule has 0 bridgehead atoms. The van der Waals surface area contributed by atoms with Gasteiger partial charge in [0.1, 0.15) is 22.0 Å². The molecule has 4 aromatic carbocycles. The maximum atomic E-state index is 10.4. The number of allylic oxidation sites excluding steroid dienone is 1. The highest BCUT2D eigenvalue weighted by Gasteiger charge is 2.50. The highest BCUT2D eigenvalue weighted by Crippen LogP contribution is 2.62. The van der Waals surface area contributed by atoms with Crippen molar-refractivity contribution in [3.63, 3.8) is 0 Å². The van der Waals surface area contributed by atoms with Crippen LogP contribution in [-0.4, -0.2) is 0 Å². The van der Waals surface area contributed by atoms with Crippen LogP contribution < -0.4 is 21.2 Å². The van der Waals surface area contributed by atoms with Crippen LogP contribution in [0.2, 0.25) is 0 Å². The Kier molecular flexibility index (Phi) is 8.22. The van der Waals surface area contributed by atoms with E-state index in [4.69, 9.17) is 0 Å². The lowest BCUT2D eigenvalue weighted by atomic mass is 10.2. The number of aryl methyl sites for hydroxylation is 1. The summed E-state index contributed by atoms with van der Waals surface area (Å²) in [5, 5.41) is 18.0. The van der Waals surface area contributed by atoms with Crippen molar-refractivity contribution in [3.05, 3.63) is 132 Å². The number of nitrogens with zero attached hydrogens (tertiary/aromatic N) is 1. The summed E-state index contributed by atoms with van der Waals surface area (Å²) in [5.74, 6) is 0. The molecular weight excluding hydrogens is 522 g/mol. The number of rotatable bonds is 6. The fourth-order valence-electron chi connectivity index (χ4n) is 3.82. The summed E-state index contributed by atoms with van der Waals surface area (Å²) in [6.07, 6.45) is 1.89. The molecule has 4 heteroatoms. The maximum absolute atomic E-state index is 10.4. The lowest BCUT2D eigenvalue weighted by Crippen LogP contribution is -2.32. The first-order chi connectivity index (χ1) is 15.2. The molecule has 158 valence electrons. The first kappa shape index (κ1) is 23.7. The normalized spacial score (nSPS) is 11.2. The Morgan fingerprint density at radius 1 is 0.688 bits per heavy atom. The van der Waals surface area contributed by atoms with Crippen molar-refractivity contribution >= 4 is 52.8 Å². The molecule has 0 saturated heterocycles. The average molecular weight is 547 g/mol. The summed E-state index contributed by atoms with van der Waals surface area (Å²) < 4.78 is 0. The molecule has 0 amide bonds. The lowest BCUT2D eigenvalue weighted by molar-refractivity contribution is 1.45. The van der Waals surface area contributed by atoms with E-state index in [1.165, 1.54) is 5.56 Å². The first-order valence-corrected chi connectivity index (χ1v) is 12.0. The van der Waals surface area contributed by atoms with E-state index in [1.807, 2.05) is 36.5 Å². The van der Waals surface area contributed by atoms with Crippen molar-refractivity contribution in [3.8, 4) is 6.07 Å². The third kappa shape index (κ3) is 4.78. The monoisotopic (exact) mass is 547 g/mol. The molecule has 0 heterocycles. The van der Waals surface area contributed by atoms with Crippen LogP contribution in [0.4, 0.5) is 5.69 Å². The van der Waals surface area contributed by atoms with Gasteiger partial charge in [-0.05, 0) is 55.5 Å². The predicted octanol–water partition coefficient (Wildman–Crippen LogP) is 6.38. The molecule has 0 aliphatic carbocycles. The molecule has 0 aliphatic rings. The number of hydrogen-bond acceptors (Lipinski definition) is 2. The van der Waals surface area contributed by atoms with Gasteiger partial charge in [0, 0.05) is 5.69 Å². The molecule has 0 aromatic heterocycles. The second-order valence-corrected chi connectivity index (χ2v) is 10.7. The highest BCUT2D eigenvalue weighted by molar-refractivity contribution is 14.0. The molecule has 0 spiro atoms. The summed E-state index contributed by atoms with van der Waals surface area (Å²) in [6.45, 7) is 2.07. The first-order valence-electron chi connectivity index (χ1n) is 10.2. The van der Waals surface area contributed by atoms with Crippen LogP contribution in [0.3, 0.4) is 0 Å².